The molecule has 7 rings (SSSR count). The number of aromatic nitrogens is 1. The lowest BCUT2D eigenvalue weighted by molar-refractivity contribution is 1.05. The summed E-state index contributed by atoms with van der Waals surface area (Å²) >= 11 is 0. The van der Waals surface area contributed by atoms with Crippen LogP contribution in [0, 0.1) is 0 Å². The lowest BCUT2D eigenvalue weighted by atomic mass is 9.97. The van der Waals surface area contributed by atoms with Gasteiger partial charge in [0.1, 0.15) is 0 Å². The molecule has 1 heterocycles. The van der Waals surface area contributed by atoms with Gasteiger partial charge >= 0.3 is 0 Å². The Kier molecular flexibility index (Phi) is 4.04. The minimum absolute atomic E-state index is 1.11. The van der Waals surface area contributed by atoms with Crippen molar-refractivity contribution in [2.24, 2.45) is 0 Å². The molecule has 1 aliphatic carbocycles. The highest BCUT2D eigenvalue weighted by molar-refractivity contribution is 6.28. The van der Waals surface area contributed by atoms with E-state index in [4.69, 9.17) is 0 Å². The van der Waals surface area contributed by atoms with Crippen LogP contribution in [0.5, 0.6) is 0 Å². The van der Waals surface area contributed by atoms with Crippen LogP contribution in [0.1, 0.15) is 18.4 Å². The number of rotatable bonds is 2. The van der Waals surface area contributed by atoms with Crippen LogP contribution in [0.3, 0.4) is 0 Å². The Morgan fingerprint density at radius 2 is 1.18 bits per heavy atom. The summed E-state index contributed by atoms with van der Waals surface area (Å²) in [5, 5.41) is 7.86. The lowest BCUT2D eigenvalue weighted by Gasteiger charge is -2.12. The first-order chi connectivity index (χ1) is 16.4. The van der Waals surface area contributed by atoms with Crippen LogP contribution in [0.15, 0.2) is 115 Å². The molecule has 1 nitrogen and oxygen atoms in total. The van der Waals surface area contributed by atoms with Crippen molar-refractivity contribution in [3.63, 3.8) is 0 Å². The molecule has 6 aromatic rings. The fourth-order valence-electron chi connectivity index (χ4n) is 5.49. The van der Waals surface area contributed by atoms with Crippen molar-refractivity contribution in [3.8, 4) is 5.69 Å². The first kappa shape index (κ1) is 18.5. The fraction of sp³-hybridized carbons (Fsp3) is 0.0625. The van der Waals surface area contributed by atoms with Crippen LogP contribution in [-0.2, 0) is 0 Å². The predicted octanol–water partition coefficient (Wildman–Crippen LogP) is 8.82. The van der Waals surface area contributed by atoms with Gasteiger partial charge in [-0.2, -0.15) is 0 Å². The smallest absolute Gasteiger partial charge is 0.0547 e. The fourth-order valence-corrected chi connectivity index (χ4v) is 5.49. The maximum atomic E-state index is 2.43. The quantitative estimate of drug-likeness (QED) is 0.263. The van der Waals surface area contributed by atoms with Crippen molar-refractivity contribution in [3.05, 3.63) is 121 Å². The number of benzene rings is 5. The van der Waals surface area contributed by atoms with Crippen molar-refractivity contribution < 1.29 is 0 Å². The molecule has 0 aliphatic heterocycles. The number of fused-ring (bicyclic) bond motifs is 7. The van der Waals surface area contributed by atoms with Crippen LogP contribution < -0.4 is 0 Å². The van der Waals surface area contributed by atoms with E-state index >= 15 is 0 Å². The molecule has 0 unspecified atom stereocenters. The van der Waals surface area contributed by atoms with E-state index < -0.39 is 0 Å². The topological polar surface area (TPSA) is 4.93 Å². The highest BCUT2D eigenvalue weighted by Crippen LogP contribution is 2.40. The summed E-state index contributed by atoms with van der Waals surface area (Å²) in [5.74, 6) is 0. The molecule has 0 saturated carbocycles. The predicted molar refractivity (Wildman–Crippen MR) is 142 cm³/mol. The number of nitrogens with zero attached hydrogens (tertiary/aromatic N) is 1. The Morgan fingerprint density at radius 1 is 0.576 bits per heavy atom. The molecule has 156 valence electrons. The summed E-state index contributed by atoms with van der Waals surface area (Å²) in [6, 6.07) is 35.7. The molecule has 5 aromatic carbocycles. The largest absolute Gasteiger partial charge is 0.309 e. The third-order valence-electron chi connectivity index (χ3n) is 7.06. The summed E-state index contributed by atoms with van der Waals surface area (Å²) in [4.78, 5) is 0. The average Bonchev–Trinajstić information content (AvgIpc) is 3.24. The highest BCUT2D eigenvalue weighted by Gasteiger charge is 2.17. The molecule has 1 aliphatic rings. The molecule has 0 bridgehead atoms. The maximum absolute atomic E-state index is 2.43. The molecule has 33 heavy (non-hydrogen) atoms. The van der Waals surface area contributed by atoms with Gasteiger partial charge in [0.15, 0.2) is 0 Å². The van der Waals surface area contributed by atoms with E-state index in [0.29, 0.717) is 0 Å². The van der Waals surface area contributed by atoms with Crippen LogP contribution in [-0.4, -0.2) is 4.57 Å². The van der Waals surface area contributed by atoms with Gasteiger partial charge in [-0.05, 0) is 69.8 Å². The van der Waals surface area contributed by atoms with Gasteiger partial charge in [0.05, 0.1) is 11.0 Å². The third kappa shape index (κ3) is 2.79. The standard InChI is InChI=1S/C32H23N/c1-2-8-22(9-3-1)23-14-18-26(19-15-23)33-29-20-16-24-10-4-6-12-27(24)31(29)32-28-13-7-5-11-25(28)17-21-30(32)33/h1-2,4-8,10-21H,3,9H2. The second kappa shape index (κ2) is 7.21. The summed E-state index contributed by atoms with van der Waals surface area (Å²) in [5.41, 5.74) is 6.46. The first-order valence-electron chi connectivity index (χ1n) is 11.7. The average molecular weight is 422 g/mol. The van der Waals surface area contributed by atoms with Crippen molar-refractivity contribution in [1.29, 1.82) is 0 Å². The molecule has 0 atom stereocenters. The Balaban J connectivity index is 1.57. The summed E-state index contributed by atoms with van der Waals surface area (Å²) in [7, 11) is 0. The van der Waals surface area contributed by atoms with Crippen LogP contribution in [0.2, 0.25) is 0 Å². The van der Waals surface area contributed by atoms with Crippen molar-refractivity contribution >= 4 is 48.9 Å². The highest BCUT2D eigenvalue weighted by atomic mass is 15.0. The van der Waals surface area contributed by atoms with Crippen LogP contribution in [0.25, 0.3) is 54.6 Å². The molecule has 0 saturated heterocycles. The maximum Gasteiger partial charge on any atom is 0.0547 e. The van der Waals surface area contributed by atoms with Gasteiger partial charge < -0.3 is 4.57 Å². The van der Waals surface area contributed by atoms with Crippen molar-refractivity contribution in [2.75, 3.05) is 0 Å². The Morgan fingerprint density at radius 3 is 1.76 bits per heavy atom. The van der Waals surface area contributed by atoms with Crippen LogP contribution >= 0.6 is 0 Å². The zero-order chi connectivity index (χ0) is 21.8. The van der Waals surface area contributed by atoms with Gasteiger partial charge in [0.2, 0.25) is 0 Å². The van der Waals surface area contributed by atoms with E-state index in [-0.39, 0.29) is 0 Å². The zero-order valence-corrected chi connectivity index (χ0v) is 18.3. The summed E-state index contributed by atoms with van der Waals surface area (Å²) in [6.07, 6.45) is 8.90. The van der Waals surface area contributed by atoms with E-state index in [1.54, 1.807) is 0 Å². The minimum Gasteiger partial charge on any atom is -0.309 e. The zero-order valence-electron chi connectivity index (χ0n) is 18.3. The number of allylic oxidation sites excluding steroid dienone is 4. The summed E-state index contributed by atoms with van der Waals surface area (Å²) < 4.78 is 2.43. The molecule has 0 radical (unpaired) electrons. The molecule has 0 spiro atoms. The monoisotopic (exact) mass is 421 g/mol. The number of hydrogen-bond donors (Lipinski definition) is 0. The van der Waals surface area contributed by atoms with E-state index in [0.717, 1.165) is 12.8 Å². The molecule has 0 amide bonds. The summed E-state index contributed by atoms with van der Waals surface area (Å²) in [6.45, 7) is 0. The second-order valence-electron chi connectivity index (χ2n) is 8.90. The van der Waals surface area contributed by atoms with E-state index in [1.165, 1.54) is 60.2 Å². The molecule has 0 N–H and O–H groups in total. The molecular formula is C32H23N. The van der Waals surface area contributed by atoms with Gasteiger partial charge in [-0.25, -0.2) is 0 Å². The van der Waals surface area contributed by atoms with E-state index in [1.807, 2.05) is 0 Å². The molecular weight excluding hydrogens is 398 g/mol. The normalized spacial score (nSPS) is 13.9. The molecule has 0 fully saturated rings. The van der Waals surface area contributed by atoms with Gasteiger partial charge in [-0.3, -0.25) is 0 Å². The third-order valence-corrected chi connectivity index (χ3v) is 7.06. The van der Waals surface area contributed by atoms with E-state index in [9.17, 15) is 0 Å². The Labute approximate surface area is 192 Å². The van der Waals surface area contributed by atoms with Crippen molar-refractivity contribution in [1.82, 2.24) is 4.57 Å². The van der Waals surface area contributed by atoms with Gasteiger partial charge in [0.25, 0.3) is 0 Å². The van der Waals surface area contributed by atoms with Gasteiger partial charge in [-0.1, -0.05) is 91.0 Å². The van der Waals surface area contributed by atoms with Gasteiger partial charge in [0, 0.05) is 16.5 Å². The second-order valence-corrected chi connectivity index (χ2v) is 8.90. The number of hydrogen-bond acceptors (Lipinski definition) is 0. The van der Waals surface area contributed by atoms with Crippen molar-refractivity contribution in [2.45, 2.75) is 12.8 Å². The Bertz CT molecular complexity index is 1650. The Hall–Kier alpha value is -4.10. The SMILES string of the molecule is C1=CCCC(c2ccc(-n3c4ccc5ccccc5c4c4c5ccccc5ccc43)cc2)=C1. The molecule has 1 heteroatoms. The first-order valence-corrected chi connectivity index (χ1v) is 11.7. The van der Waals surface area contributed by atoms with E-state index in [2.05, 4.69) is 120 Å². The molecule has 1 aromatic heterocycles. The van der Waals surface area contributed by atoms with Gasteiger partial charge in [-0.15, -0.1) is 0 Å². The lowest BCUT2D eigenvalue weighted by Crippen LogP contribution is -1.95. The van der Waals surface area contributed by atoms with Crippen LogP contribution in [0.4, 0.5) is 0 Å². The minimum atomic E-state index is 1.11.